The van der Waals surface area contributed by atoms with Gasteiger partial charge < -0.3 is 10.2 Å². The second-order valence-corrected chi connectivity index (χ2v) is 7.36. The van der Waals surface area contributed by atoms with Crippen molar-refractivity contribution in [1.29, 1.82) is 0 Å². The van der Waals surface area contributed by atoms with Crippen LogP contribution >= 0.6 is 11.3 Å². The van der Waals surface area contributed by atoms with Crippen LogP contribution in [0.2, 0.25) is 0 Å². The topological polar surface area (TPSA) is 32.3 Å². The lowest BCUT2D eigenvalue weighted by molar-refractivity contribution is 0.0831. The summed E-state index contributed by atoms with van der Waals surface area (Å²) in [6.07, 6.45) is 6.04. The van der Waals surface area contributed by atoms with Crippen LogP contribution in [0, 0.1) is 0 Å². The van der Waals surface area contributed by atoms with E-state index >= 15 is 0 Å². The molecule has 22 heavy (non-hydrogen) atoms. The molecular formula is C18H24N2OS. The van der Waals surface area contributed by atoms with Crippen LogP contribution in [0.3, 0.4) is 0 Å². The molecule has 0 saturated carbocycles. The maximum atomic E-state index is 12.6. The second-order valence-electron chi connectivity index (χ2n) is 6.31. The van der Waals surface area contributed by atoms with Gasteiger partial charge in [0.05, 0.1) is 4.88 Å². The summed E-state index contributed by atoms with van der Waals surface area (Å²) in [4.78, 5) is 15.2. The van der Waals surface area contributed by atoms with E-state index in [4.69, 9.17) is 0 Å². The van der Waals surface area contributed by atoms with Gasteiger partial charge in [-0.2, -0.15) is 0 Å². The van der Waals surface area contributed by atoms with Crippen molar-refractivity contribution in [2.75, 3.05) is 20.6 Å². The number of thiophene rings is 1. The van der Waals surface area contributed by atoms with Gasteiger partial charge in [0.2, 0.25) is 0 Å². The number of nitrogens with one attached hydrogen (secondary N) is 1. The van der Waals surface area contributed by atoms with Gasteiger partial charge in [0, 0.05) is 24.8 Å². The molecule has 1 amide bonds. The van der Waals surface area contributed by atoms with E-state index in [1.165, 1.54) is 41.3 Å². The third kappa shape index (κ3) is 3.18. The lowest BCUT2D eigenvalue weighted by Gasteiger charge is -2.17. The van der Waals surface area contributed by atoms with Crippen molar-refractivity contribution in [2.24, 2.45) is 0 Å². The van der Waals surface area contributed by atoms with Gasteiger partial charge in [0.25, 0.3) is 5.91 Å². The molecule has 2 heterocycles. The van der Waals surface area contributed by atoms with Gasteiger partial charge >= 0.3 is 0 Å². The van der Waals surface area contributed by atoms with Crippen molar-refractivity contribution >= 4 is 27.3 Å². The molecule has 0 unspecified atom stereocenters. The van der Waals surface area contributed by atoms with Gasteiger partial charge in [-0.3, -0.25) is 4.79 Å². The first-order valence-corrected chi connectivity index (χ1v) is 8.94. The van der Waals surface area contributed by atoms with E-state index in [-0.39, 0.29) is 5.91 Å². The Bertz CT molecular complexity index is 654. The molecule has 2 aromatic rings. The molecule has 1 aliphatic heterocycles. The number of nitrogens with zero attached hydrogens (tertiary/aromatic N) is 1. The summed E-state index contributed by atoms with van der Waals surface area (Å²) in [6, 6.07) is 8.90. The molecule has 1 aromatic carbocycles. The molecular weight excluding hydrogens is 292 g/mol. The van der Waals surface area contributed by atoms with Gasteiger partial charge in [-0.15, -0.1) is 11.3 Å². The lowest BCUT2D eigenvalue weighted by atomic mass is 9.99. The number of hydrogen-bond acceptors (Lipinski definition) is 3. The van der Waals surface area contributed by atoms with Gasteiger partial charge in [0.1, 0.15) is 0 Å². The van der Waals surface area contributed by atoms with Crippen molar-refractivity contribution in [3.05, 3.63) is 34.7 Å². The molecule has 1 saturated heterocycles. The average molecular weight is 316 g/mol. The van der Waals surface area contributed by atoms with Gasteiger partial charge in [-0.05, 0) is 42.8 Å². The van der Waals surface area contributed by atoms with E-state index in [0.29, 0.717) is 6.04 Å². The maximum Gasteiger partial charge on any atom is 0.263 e. The fraction of sp³-hybridized carbons (Fsp3) is 0.500. The van der Waals surface area contributed by atoms with E-state index in [1.807, 2.05) is 14.1 Å². The van der Waals surface area contributed by atoms with E-state index in [0.717, 1.165) is 17.8 Å². The molecule has 118 valence electrons. The number of fused-ring (bicyclic) bond motifs is 1. The van der Waals surface area contributed by atoms with Crippen LogP contribution < -0.4 is 5.32 Å². The number of carbonyl (C=O) groups is 1. The molecule has 0 aliphatic carbocycles. The number of carbonyl (C=O) groups excluding carboxylic acids is 1. The molecule has 1 N–H and O–H groups in total. The maximum absolute atomic E-state index is 12.6. The zero-order valence-corrected chi connectivity index (χ0v) is 14.2. The zero-order chi connectivity index (χ0) is 15.5. The minimum absolute atomic E-state index is 0.129. The van der Waals surface area contributed by atoms with Crippen molar-refractivity contribution < 1.29 is 4.79 Å². The quantitative estimate of drug-likeness (QED) is 0.937. The Kier molecular flexibility index (Phi) is 4.79. The van der Waals surface area contributed by atoms with Crippen LogP contribution in [0.5, 0.6) is 0 Å². The normalized spacial score (nSPS) is 19.1. The van der Waals surface area contributed by atoms with E-state index in [1.54, 1.807) is 16.2 Å². The molecule has 0 radical (unpaired) electrons. The van der Waals surface area contributed by atoms with E-state index in [2.05, 4.69) is 29.6 Å². The first-order valence-electron chi connectivity index (χ1n) is 8.12. The summed E-state index contributed by atoms with van der Waals surface area (Å²) in [6.45, 7) is 1.10. The number of rotatable bonds is 3. The predicted octanol–water partition coefficient (Wildman–Crippen LogP) is 3.68. The Morgan fingerprint density at radius 1 is 1.27 bits per heavy atom. The highest BCUT2D eigenvalue weighted by molar-refractivity contribution is 7.21. The Hall–Kier alpha value is -1.39. The van der Waals surface area contributed by atoms with Crippen molar-refractivity contribution in [3.63, 3.8) is 0 Å². The minimum atomic E-state index is 0.129. The third-order valence-corrected chi connectivity index (χ3v) is 5.61. The van der Waals surface area contributed by atoms with Crippen LogP contribution in [0.1, 0.15) is 40.9 Å². The summed E-state index contributed by atoms with van der Waals surface area (Å²) in [5.74, 6) is 0.129. The summed E-state index contributed by atoms with van der Waals surface area (Å²) in [7, 11) is 3.67. The highest BCUT2D eigenvalue weighted by Crippen LogP contribution is 2.33. The predicted molar refractivity (Wildman–Crippen MR) is 93.8 cm³/mol. The van der Waals surface area contributed by atoms with Crippen LogP contribution in [-0.2, 0) is 6.42 Å². The molecule has 1 aliphatic rings. The standard InChI is InChI=1S/C18H24N2OS/c1-20(2)18(21)17-15(12-13-8-4-3-7-11-19-13)14-9-5-6-10-16(14)22-17/h5-6,9-10,13,19H,3-4,7-8,11-12H2,1-2H3/t13-/m0/s1. The zero-order valence-electron chi connectivity index (χ0n) is 13.4. The Morgan fingerprint density at radius 3 is 2.91 bits per heavy atom. The summed E-state index contributed by atoms with van der Waals surface area (Å²) in [5, 5.41) is 4.91. The molecule has 1 aromatic heterocycles. The van der Waals surface area contributed by atoms with Crippen LogP contribution in [0.25, 0.3) is 10.1 Å². The Balaban J connectivity index is 1.97. The second kappa shape index (κ2) is 6.80. The van der Waals surface area contributed by atoms with Crippen molar-refractivity contribution in [1.82, 2.24) is 10.2 Å². The van der Waals surface area contributed by atoms with E-state index in [9.17, 15) is 4.79 Å². The minimum Gasteiger partial charge on any atom is -0.344 e. The fourth-order valence-corrected chi connectivity index (χ4v) is 4.45. The number of benzene rings is 1. The van der Waals surface area contributed by atoms with Crippen LogP contribution in [0.15, 0.2) is 24.3 Å². The van der Waals surface area contributed by atoms with E-state index < -0.39 is 0 Å². The largest absolute Gasteiger partial charge is 0.344 e. The lowest BCUT2D eigenvalue weighted by Crippen LogP contribution is -2.31. The average Bonchev–Trinajstić information content (AvgIpc) is 2.69. The Morgan fingerprint density at radius 2 is 2.09 bits per heavy atom. The monoisotopic (exact) mass is 316 g/mol. The fourth-order valence-electron chi connectivity index (χ4n) is 3.20. The Labute approximate surface area is 136 Å². The molecule has 3 nitrogen and oxygen atoms in total. The summed E-state index contributed by atoms with van der Waals surface area (Å²) in [5.41, 5.74) is 1.23. The van der Waals surface area contributed by atoms with Crippen molar-refractivity contribution in [3.8, 4) is 0 Å². The SMILES string of the molecule is CN(C)C(=O)c1sc2ccccc2c1C[C@@H]1CCCCCN1. The highest BCUT2D eigenvalue weighted by Gasteiger charge is 2.22. The van der Waals surface area contributed by atoms with Crippen molar-refractivity contribution in [2.45, 2.75) is 38.1 Å². The number of hydrogen-bond donors (Lipinski definition) is 1. The first kappa shape index (κ1) is 15.5. The van der Waals surface area contributed by atoms with Gasteiger partial charge in [-0.25, -0.2) is 0 Å². The molecule has 4 heteroatoms. The highest BCUT2D eigenvalue weighted by atomic mass is 32.1. The molecule has 1 atom stereocenters. The molecule has 0 spiro atoms. The molecule has 3 rings (SSSR count). The smallest absolute Gasteiger partial charge is 0.263 e. The van der Waals surface area contributed by atoms with Crippen LogP contribution in [0.4, 0.5) is 0 Å². The first-order chi connectivity index (χ1) is 10.7. The van der Waals surface area contributed by atoms with Gasteiger partial charge in [0.15, 0.2) is 0 Å². The summed E-state index contributed by atoms with van der Waals surface area (Å²) < 4.78 is 1.22. The van der Waals surface area contributed by atoms with Gasteiger partial charge in [-0.1, -0.05) is 31.0 Å². The number of amides is 1. The summed E-state index contributed by atoms with van der Waals surface area (Å²) >= 11 is 1.64. The molecule has 0 bridgehead atoms. The van der Waals surface area contributed by atoms with Crippen LogP contribution in [-0.4, -0.2) is 37.5 Å². The third-order valence-electron chi connectivity index (χ3n) is 4.41. The molecule has 1 fully saturated rings.